The molecular weight excluding hydrogens is 367 g/mol. The fourth-order valence-corrected chi connectivity index (χ4v) is 3.35. The fraction of sp³-hybridized carbons (Fsp3) is 0.174. The molecule has 1 aliphatic rings. The van der Waals surface area contributed by atoms with Gasteiger partial charge in [0.05, 0.1) is 7.11 Å². The van der Waals surface area contributed by atoms with Crippen molar-refractivity contribution in [1.82, 2.24) is 15.0 Å². The third-order valence-corrected chi connectivity index (χ3v) is 4.98. The Kier molecular flexibility index (Phi) is 4.31. The first kappa shape index (κ1) is 17.6. The zero-order valence-electron chi connectivity index (χ0n) is 15.9. The first-order valence-electron chi connectivity index (χ1n) is 9.54. The topological polar surface area (TPSA) is 59.9 Å². The van der Waals surface area contributed by atoms with E-state index in [1.165, 1.54) is 12.1 Å². The van der Waals surface area contributed by atoms with E-state index in [1.807, 2.05) is 30.3 Å². The van der Waals surface area contributed by atoms with Gasteiger partial charge < -0.3 is 10.1 Å². The summed E-state index contributed by atoms with van der Waals surface area (Å²) in [5.74, 6) is 1.69. The molecule has 1 N–H and O–H groups in total. The molecule has 0 unspecified atom stereocenters. The van der Waals surface area contributed by atoms with Crippen molar-refractivity contribution in [2.45, 2.75) is 18.9 Å². The Morgan fingerprint density at radius 3 is 2.59 bits per heavy atom. The Balaban J connectivity index is 1.74. The molecule has 2 heterocycles. The number of hydrogen-bond donors (Lipinski definition) is 1. The molecule has 2 aromatic heterocycles. The van der Waals surface area contributed by atoms with Gasteiger partial charge in [-0.3, -0.25) is 4.98 Å². The Hall–Kier alpha value is -3.54. The van der Waals surface area contributed by atoms with Crippen LogP contribution in [0.4, 0.5) is 10.2 Å². The van der Waals surface area contributed by atoms with Gasteiger partial charge in [0.15, 0.2) is 5.82 Å². The number of nitrogens with one attached hydrogen (secondary N) is 1. The fourth-order valence-electron chi connectivity index (χ4n) is 3.35. The molecule has 1 fully saturated rings. The lowest BCUT2D eigenvalue weighted by molar-refractivity contribution is 0.419. The molecule has 4 aromatic rings. The van der Waals surface area contributed by atoms with Gasteiger partial charge in [0, 0.05) is 29.4 Å². The summed E-state index contributed by atoms with van der Waals surface area (Å²) in [4.78, 5) is 13.7. The van der Waals surface area contributed by atoms with E-state index in [0.29, 0.717) is 23.1 Å². The predicted octanol–water partition coefficient (Wildman–Crippen LogP) is 5.08. The summed E-state index contributed by atoms with van der Waals surface area (Å²) in [5, 5.41) is 4.36. The lowest BCUT2D eigenvalue weighted by atomic mass is 10.0. The molecule has 0 atom stereocenters. The van der Waals surface area contributed by atoms with E-state index in [2.05, 4.69) is 10.3 Å². The van der Waals surface area contributed by atoms with Crippen molar-refractivity contribution < 1.29 is 9.13 Å². The second kappa shape index (κ2) is 7.13. The smallest absolute Gasteiger partial charge is 0.163 e. The summed E-state index contributed by atoms with van der Waals surface area (Å²) < 4.78 is 19.4. The van der Waals surface area contributed by atoms with Crippen LogP contribution in [0.3, 0.4) is 0 Å². The number of methoxy groups -OCH3 is 1. The molecule has 1 saturated carbocycles. The zero-order chi connectivity index (χ0) is 19.8. The van der Waals surface area contributed by atoms with E-state index in [1.54, 1.807) is 25.6 Å². The molecule has 0 spiro atoms. The molecule has 144 valence electrons. The molecule has 6 heteroatoms. The number of rotatable bonds is 5. The van der Waals surface area contributed by atoms with E-state index in [4.69, 9.17) is 14.7 Å². The third-order valence-electron chi connectivity index (χ3n) is 4.98. The average molecular weight is 386 g/mol. The van der Waals surface area contributed by atoms with Crippen LogP contribution < -0.4 is 10.1 Å². The van der Waals surface area contributed by atoms with E-state index in [-0.39, 0.29) is 5.82 Å². The summed E-state index contributed by atoms with van der Waals surface area (Å²) in [5.41, 5.74) is 3.18. The SMILES string of the molecule is COc1cc(-c2cccc(F)c2)cc2c(NC3CC3)nc(-c3cccnc3)nc12. The number of fused-ring (bicyclic) bond motifs is 1. The van der Waals surface area contributed by atoms with Crippen LogP contribution in [0.1, 0.15) is 12.8 Å². The number of halogens is 1. The van der Waals surface area contributed by atoms with Gasteiger partial charge in [-0.2, -0.15) is 0 Å². The number of aromatic nitrogens is 3. The van der Waals surface area contributed by atoms with Crippen molar-refractivity contribution in [3.8, 4) is 28.3 Å². The number of anilines is 1. The minimum atomic E-state index is -0.277. The first-order valence-corrected chi connectivity index (χ1v) is 9.54. The number of benzene rings is 2. The molecule has 0 aliphatic heterocycles. The predicted molar refractivity (Wildman–Crippen MR) is 111 cm³/mol. The monoisotopic (exact) mass is 386 g/mol. The van der Waals surface area contributed by atoms with E-state index < -0.39 is 0 Å². The van der Waals surface area contributed by atoms with E-state index >= 15 is 0 Å². The van der Waals surface area contributed by atoms with Crippen molar-refractivity contribution in [3.05, 3.63) is 66.7 Å². The van der Waals surface area contributed by atoms with Crippen molar-refractivity contribution in [2.24, 2.45) is 0 Å². The number of ether oxygens (including phenoxy) is 1. The van der Waals surface area contributed by atoms with Crippen molar-refractivity contribution in [2.75, 3.05) is 12.4 Å². The van der Waals surface area contributed by atoms with Gasteiger partial charge in [-0.15, -0.1) is 0 Å². The van der Waals surface area contributed by atoms with Crippen LogP contribution in [0.2, 0.25) is 0 Å². The standard InChI is InChI=1S/C23H19FN4O/c1-29-20-12-16(14-4-2-6-17(24)10-14)11-19-21(20)27-22(15-5-3-9-25-13-15)28-23(19)26-18-7-8-18/h2-6,9-13,18H,7-8H2,1H3,(H,26,27,28). The van der Waals surface area contributed by atoms with Gasteiger partial charge in [-0.1, -0.05) is 12.1 Å². The quantitative estimate of drug-likeness (QED) is 0.518. The minimum Gasteiger partial charge on any atom is -0.494 e. The van der Waals surface area contributed by atoms with Crippen molar-refractivity contribution in [1.29, 1.82) is 0 Å². The zero-order valence-corrected chi connectivity index (χ0v) is 15.9. The largest absolute Gasteiger partial charge is 0.494 e. The lowest BCUT2D eigenvalue weighted by Crippen LogP contribution is -2.06. The van der Waals surface area contributed by atoms with Crippen LogP contribution >= 0.6 is 0 Å². The van der Waals surface area contributed by atoms with Crippen LogP contribution in [0.15, 0.2) is 60.9 Å². The number of hydrogen-bond acceptors (Lipinski definition) is 5. The Morgan fingerprint density at radius 1 is 1.00 bits per heavy atom. The molecular formula is C23H19FN4O. The maximum atomic E-state index is 13.8. The molecule has 5 nitrogen and oxygen atoms in total. The Morgan fingerprint density at radius 2 is 1.86 bits per heavy atom. The van der Waals surface area contributed by atoms with Gasteiger partial charge in [0.1, 0.15) is 22.9 Å². The van der Waals surface area contributed by atoms with Crippen molar-refractivity contribution in [3.63, 3.8) is 0 Å². The van der Waals surface area contributed by atoms with Crippen LogP contribution in [-0.4, -0.2) is 28.1 Å². The second-order valence-electron chi connectivity index (χ2n) is 7.14. The van der Waals surface area contributed by atoms with Crippen LogP contribution in [0.5, 0.6) is 5.75 Å². The van der Waals surface area contributed by atoms with Gasteiger partial charge in [-0.25, -0.2) is 14.4 Å². The molecule has 0 saturated heterocycles. The molecule has 1 aliphatic carbocycles. The van der Waals surface area contributed by atoms with Gasteiger partial charge >= 0.3 is 0 Å². The number of nitrogens with zero attached hydrogens (tertiary/aromatic N) is 3. The van der Waals surface area contributed by atoms with Gasteiger partial charge in [-0.05, 0) is 60.4 Å². The summed E-state index contributed by atoms with van der Waals surface area (Å²) in [6.45, 7) is 0. The molecule has 0 radical (unpaired) electrons. The maximum absolute atomic E-state index is 13.8. The third kappa shape index (κ3) is 3.49. The average Bonchev–Trinajstić information content (AvgIpc) is 3.57. The highest BCUT2D eigenvalue weighted by Crippen LogP contribution is 2.37. The highest BCUT2D eigenvalue weighted by atomic mass is 19.1. The second-order valence-corrected chi connectivity index (χ2v) is 7.14. The minimum absolute atomic E-state index is 0.277. The highest BCUT2D eigenvalue weighted by molar-refractivity contribution is 5.98. The van der Waals surface area contributed by atoms with Gasteiger partial charge in [0.2, 0.25) is 0 Å². The molecule has 5 rings (SSSR count). The summed E-state index contributed by atoms with van der Waals surface area (Å²) in [7, 11) is 1.62. The number of pyridine rings is 1. The van der Waals surface area contributed by atoms with Crippen LogP contribution in [-0.2, 0) is 0 Å². The molecule has 29 heavy (non-hydrogen) atoms. The van der Waals surface area contributed by atoms with E-state index in [9.17, 15) is 4.39 Å². The summed E-state index contributed by atoms with van der Waals surface area (Å²) in [6, 6.07) is 14.6. The Bertz CT molecular complexity index is 1190. The first-order chi connectivity index (χ1) is 14.2. The van der Waals surface area contributed by atoms with Crippen LogP contribution in [0.25, 0.3) is 33.4 Å². The normalized spacial score (nSPS) is 13.4. The molecule has 0 bridgehead atoms. The van der Waals surface area contributed by atoms with Crippen LogP contribution in [0, 0.1) is 5.82 Å². The van der Waals surface area contributed by atoms with E-state index in [0.717, 1.165) is 40.7 Å². The van der Waals surface area contributed by atoms with Gasteiger partial charge in [0.25, 0.3) is 0 Å². The molecule has 2 aromatic carbocycles. The maximum Gasteiger partial charge on any atom is 0.163 e. The lowest BCUT2D eigenvalue weighted by Gasteiger charge is -2.14. The summed E-state index contributed by atoms with van der Waals surface area (Å²) in [6.07, 6.45) is 5.71. The Labute approximate surface area is 167 Å². The molecule has 0 amide bonds. The summed E-state index contributed by atoms with van der Waals surface area (Å²) >= 11 is 0. The highest BCUT2D eigenvalue weighted by Gasteiger charge is 2.24. The van der Waals surface area contributed by atoms with Crippen molar-refractivity contribution >= 4 is 16.7 Å².